The number of nitrogens with one attached hydrogen (secondary N) is 1. The number of methoxy groups -OCH3 is 1. The first-order valence-corrected chi connectivity index (χ1v) is 8.15. The zero-order valence-electron chi connectivity index (χ0n) is 15.3. The van der Waals surface area contributed by atoms with E-state index < -0.39 is 12.0 Å². The van der Waals surface area contributed by atoms with E-state index in [4.69, 9.17) is 5.73 Å². The van der Waals surface area contributed by atoms with Crippen LogP contribution in [0.15, 0.2) is 42.9 Å². The summed E-state index contributed by atoms with van der Waals surface area (Å²) in [5.74, 6) is -1.09. The van der Waals surface area contributed by atoms with Crippen molar-refractivity contribution in [3.8, 4) is 0 Å². The van der Waals surface area contributed by atoms with Crippen molar-refractivity contribution in [3.63, 3.8) is 0 Å². The Kier molecular flexibility index (Phi) is 11.4. The number of benzene rings is 1. The SMILES string of the molecule is COC(=O)C(C)CNC(=O)[C@@H](N)Cc1cn(Cc2ccccc2)cn1.Cl.Cl. The molecule has 27 heavy (non-hydrogen) atoms. The lowest BCUT2D eigenvalue weighted by Crippen LogP contribution is -2.44. The number of nitrogens with two attached hydrogens (primary N) is 1. The number of imidazole rings is 1. The number of ether oxygens (including phenoxy) is 1. The lowest BCUT2D eigenvalue weighted by molar-refractivity contribution is -0.144. The zero-order valence-corrected chi connectivity index (χ0v) is 17.0. The van der Waals surface area contributed by atoms with Gasteiger partial charge in [-0.1, -0.05) is 37.3 Å². The van der Waals surface area contributed by atoms with Crippen LogP contribution in [0.4, 0.5) is 0 Å². The minimum atomic E-state index is -0.718. The summed E-state index contributed by atoms with van der Waals surface area (Å²) in [7, 11) is 1.32. The Morgan fingerprint density at radius 2 is 1.93 bits per heavy atom. The quantitative estimate of drug-likeness (QED) is 0.636. The van der Waals surface area contributed by atoms with Crippen LogP contribution in [0.3, 0.4) is 0 Å². The standard InChI is InChI=1S/C18H24N4O3.2ClH/c1-13(18(24)25-2)9-20-17(23)16(19)8-15-11-22(12-21-15)10-14-6-4-3-5-7-14;;/h3-7,11-13,16H,8-10,19H2,1-2H3,(H,20,23);2*1H/t13?,16-;;/m0../s1. The van der Waals surface area contributed by atoms with Crippen molar-refractivity contribution in [2.75, 3.05) is 13.7 Å². The van der Waals surface area contributed by atoms with Crippen LogP contribution in [0.5, 0.6) is 0 Å². The van der Waals surface area contributed by atoms with Crippen molar-refractivity contribution in [3.05, 3.63) is 54.1 Å². The number of rotatable bonds is 8. The molecule has 150 valence electrons. The van der Waals surface area contributed by atoms with Crippen molar-refractivity contribution < 1.29 is 14.3 Å². The topological polar surface area (TPSA) is 99.2 Å². The molecule has 1 heterocycles. The third-order valence-electron chi connectivity index (χ3n) is 3.85. The van der Waals surface area contributed by atoms with Gasteiger partial charge in [-0.25, -0.2) is 4.98 Å². The highest BCUT2D eigenvalue weighted by molar-refractivity contribution is 5.85. The zero-order chi connectivity index (χ0) is 18.2. The predicted molar refractivity (Wildman–Crippen MR) is 108 cm³/mol. The maximum absolute atomic E-state index is 12.0. The van der Waals surface area contributed by atoms with Gasteiger partial charge >= 0.3 is 5.97 Å². The fourth-order valence-electron chi connectivity index (χ4n) is 2.38. The molecule has 0 bridgehead atoms. The van der Waals surface area contributed by atoms with Gasteiger partial charge in [0.1, 0.15) is 0 Å². The molecule has 0 aliphatic heterocycles. The molecule has 0 spiro atoms. The van der Waals surface area contributed by atoms with Crippen LogP contribution < -0.4 is 11.1 Å². The van der Waals surface area contributed by atoms with Crippen LogP contribution in [0, 0.1) is 5.92 Å². The third kappa shape index (κ3) is 7.99. The molecule has 0 aliphatic rings. The summed E-state index contributed by atoms with van der Waals surface area (Å²) in [4.78, 5) is 27.7. The molecule has 0 saturated heterocycles. The van der Waals surface area contributed by atoms with Gasteiger partial charge in [-0.2, -0.15) is 0 Å². The second-order valence-electron chi connectivity index (χ2n) is 6.00. The highest BCUT2D eigenvalue weighted by Crippen LogP contribution is 2.05. The molecule has 2 aromatic rings. The molecule has 0 aliphatic carbocycles. The number of hydrogen-bond donors (Lipinski definition) is 2. The molecule has 3 N–H and O–H groups in total. The molecule has 0 saturated carbocycles. The Morgan fingerprint density at radius 3 is 2.56 bits per heavy atom. The Morgan fingerprint density at radius 1 is 1.26 bits per heavy atom. The lowest BCUT2D eigenvalue weighted by atomic mass is 10.1. The van der Waals surface area contributed by atoms with Gasteiger partial charge in [0.15, 0.2) is 0 Å². The predicted octanol–water partition coefficient (Wildman–Crippen LogP) is 1.57. The van der Waals surface area contributed by atoms with Crippen LogP contribution in [0.2, 0.25) is 0 Å². The summed E-state index contributed by atoms with van der Waals surface area (Å²) in [5.41, 5.74) is 7.85. The first kappa shape index (κ1) is 24.9. The van der Waals surface area contributed by atoms with Crippen LogP contribution in [-0.2, 0) is 27.3 Å². The maximum Gasteiger partial charge on any atom is 0.310 e. The molecular weight excluding hydrogens is 391 g/mol. The van der Waals surface area contributed by atoms with E-state index in [0.717, 1.165) is 5.69 Å². The van der Waals surface area contributed by atoms with Gasteiger partial charge < -0.3 is 20.4 Å². The molecule has 9 heteroatoms. The number of amides is 1. The average Bonchev–Trinajstić information content (AvgIpc) is 3.06. The Hall–Kier alpha value is -2.09. The fourth-order valence-corrected chi connectivity index (χ4v) is 2.38. The van der Waals surface area contributed by atoms with Gasteiger partial charge in [0.05, 0.1) is 31.1 Å². The lowest BCUT2D eigenvalue weighted by Gasteiger charge is -2.14. The van der Waals surface area contributed by atoms with Crippen LogP contribution in [0.1, 0.15) is 18.2 Å². The van der Waals surface area contributed by atoms with Gasteiger partial charge in [-0.3, -0.25) is 9.59 Å². The van der Waals surface area contributed by atoms with Gasteiger partial charge in [0, 0.05) is 25.7 Å². The summed E-state index contributed by atoms with van der Waals surface area (Å²) in [6.45, 7) is 2.59. The number of carbonyl (C=O) groups excluding carboxylic acids is 2. The second kappa shape index (κ2) is 12.3. The van der Waals surface area contributed by atoms with E-state index in [9.17, 15) is 9.59 Å². The number of carbonyl (C=O) groups is 2. The van der Waals surface area contributed by atoms with Crippen LogP contribution >= 0.6 is 24.8 Å². The van der Waals surface area contributed by atoms with Gasteiger partial charge in [-0.05, 0) is 5.56 Å². The first-order valence-electron chi connectivity index (χ1n) is 8.15. The summed E-state index contributed by atoms with van der Waals surface area (Å²) in [6, 6.07) is 9.32. The highest BCUT2D eigenvalue weighted by atomic mass is 35.5. The van der Waals surface area contributed by atoms with E-state index in [1.807, 2.05) is 41.1 Å². The van der Waals surface area contributed by atoms with Crippen LogP contribution in [-0.4, -0.2) is 41.1 Å². The summed E-state index contributed by atoms with van der Waals surface area (Å²) < 4.78 is 6.57. The van der Waals surface area contributed by atoms with Crippen molar-refractivity contribution in [2.24, 2.45) is 11.7 Å². The van der Waals surface area contributed by atoms with Crippen molar-refractivity contribution in [2.45, 2.75) is 25.9 Å². The van der Waals surface area contributed by atoms with Gasteiger partial charge in [0.2, 0.25) is 5.91 Å². The Balaban J connectivity index is 0.00000338. The highest BCUT2D eigenvalue weighted by Gasteiger charge is 2.19. The molecule has 1 aromatic carbocycles. The molecule has 0 fully saturated rings. The van der Waals surface area contributed by atoms with Gasteiger partial charge in [0.25, 0.3) is 0 Å². The number of nitrogens with zero attached hydrogens (tertiary/aromatic N) is 2. The van der Waals surface area contributed by atoms with E-state index >= 15 is 0 Å². The molecule has 2 rings (SSSR count). The number of hydrogen-bond acceptors (Lipinski definition) is 5. The summed E-state index contributed by atoms with van der Waals surface area (Å²) in [6.07, 6.45) is 3.95. The first-order chi connectivity index (χ1) is 12.0. The number of esters is 1. The van der Waals surface area contributed by atoms with E-state index in [2.05, 4.69) is 15.0 Å². The smallest absolute Gasteiger partial charge is 0.310 e. The molecule has 7 nitrogen and oxygen atoms in total. The van der Waals surface area contributed by atoms with E-state index in [-0.39, 0.29) is 43.2 Å². The van der Waals surface area contributed by atoms with Crippen molar-refractivity contribution in [1.29, 1.82) is 0 Å². The largest absolute Gasteiger partial charge is 0.469 e. The summed E-state index contributed by atoms with van der Waals surface area (Å²) >= 11 is 0. The van der Waals surface area contributed by atoms with Gasteiger partial charge in [-0.15, -0.1) is 24.8 Å². The monoisotopic (exact) mass is 416 g/mol. The Labute approximate surface area is 171 Å². The van der Waals surface area contributed by atoms with Crippen LogP contribution in [0.25, 0.3) is 0 Å². The normalized spacial score (nSPS) is 12.1. The molecule has 1 aromatic heterocycles. The fraction of sp³-hybridized carbons (Fsp3) is 0.389. The minimum Gasteiger partial charge on any atom is -0.469 e. The maximum atomic E-state index is 12.0. The van der Waals surface area contributed by atoms with E-state index in [1.165, 1.54) is 12.7 Å². The third-order valence-corrected chi connectivity index (χ3v) is 3.85. The second-order valence-corrected chi connectivity index (χ2v) is 6.00. The van der Waals surface area contributed by atoms with Crippen molar-refractivity contribution >= 4 is 36.7 Å². The number of halogens is 2. The molecular formula is C18H26Cl2N4O3. The average molecular weight is 417 g/mol. The molecule has 2 atom stereocenters. The molecule has 1 amide bonds. The molecule has 1 unspecified atom stereocenters. The number of aromatic nitrogens is 2. The van der Waals surface area contributed by atoms with Crippen molar-refractivity contribution in [1.82, 2.24) is 14.9 Å². The Bertz CT molecular complexity index is 710. The minimum absolute atomic E-state index is 0. The van der Waals surface area contributed by atoms with E-state index in [1.54, 1.807) is 13.3 Å². The van der Waals surface area contributed by atoms with E-state index in [0.29, 0.717) is 13.0 Å². The summed E-state index contributed by atoms with van der Waals surface area (Å²) in [5, 5.41) is 2.66. The molecule has 0 radical (unpaired) electrons.